The molecule has 0 unspecified atom stereocenters. The van der Waals surface area contributed by atoms with Crippen molar-refractivity contribution in [2.45, 2.75) is 0 Å². The van der Waals surface area contributed by atoms with Crippen molar-refractivity contribution in [3.05, 3.63) is 28.5 Å². The van der Waals surface area contributed by atoms with Gasteiger partial charge in [-0.2, -0.15) is 0 Å². The van der Waals surface area contributed by atoms with Crippen LogP contribution < -0.4 is 14.4 Å². The molecular formula is C15H13Cl2N3O3. The summed E-state index contributed by atoms with van der Waals surface area (Å²) in [5.41, 5.74) is 1.38. The SMILES string of the molecule is Clc1nc(N2CCOCC2)nc(Cl)c1-c1ccc2c(c1)OCO2. The Balaban J connectivity index is 1.71. The molecule has 0 bridgehead atoms. The van der Waals surface area contributed by atoms with Crippen LogP contribution in [0.1, 0.15) is 0 Å². The molecular weight excluding hydrogens is 341 g/mol. The second-order valence-electron chi connectivity index (χ2n) is 5.15. The van der Waals surface area contributed by atoms with Gasteiger partial charge in [-0.25, -0.2) is 9.97 Å². The molecule has 23 heavy (non-hydrogen) atoms. The number of ether oxygens (including phenoxy) is 3. The van der Waals surface area contributed by atoms with Crippen molar-refractivity contribution >= 4 is 29.2 Å². The predicted octanol–water partition coefficient (Wildman–Crippen LogP) is 3.02. The number of hydrogen-bond donors (Lipinski definition) is 0. The van der Waals surface area contributed by atoms with Crippen LogP contribution in [-0.4, -0.2) is 43.1 Å². The van der Waals surface area contributed by atoms with Gasteiger partial charge < -0.3 is 19.1 Å². The van der Waals surface area contributed by atoms with Crippen LogP contribution in [0.5, 0.6) is 11.5 Å². The van der Waals surface area contributed by atoms with E-state index < -0.39 is 0 Å². The van der Waals surface area contributed by atoms with Gasteiger partial charge in [0, 0.05) is 13.1 Å². The van der Waals surface area contributed by atoms with E-state index in [-0.39, 0.29) is 6.79 Å². The van der Waals surface area contributed by atoms with Crippen molar-refractivity contribution < 1.29 is 14.2 Å². The number of rotatable bonds is 2. The van der Waals surface area contributed by atoms with Crippen LogP contribution in [-0.2, 0) is 4.74 Å². The molecule has 0 saturated carbocycles. The molecule has 1 aromatic heterocycles. The summed E-state index contributed by atoms with van der Waals surface area (Å²) >= 11 is 12.7. The standard InChI is InChI=1S/C15H13Cl2N3O3/c16-13-12(9-1-2-10-11(7-9)23-8-22-10)14(17)19-15(18-13)20-3-5-21-6-4-20/h1-2,7H,3-6,8H2. The van der Waals surface area contributed by atoms with Gasteiger partial charge in [0.1, 0.15) is 10.3 Å². The molecule has 1 fully saturated rings. The molecule has 6 nitrogen and oxygen atoms in total. The lowest BCUT2D eigenvalue weighted by Crippen LogP contribution is -2.37. The molecule has 0 radical (unpaired) electrons. The van der Waals surface area contributed by atoms with E-state index in [4.69, 9.17) is 37.4 Å². The highest BCUT2D eigenvalue weighted by Crippen LogP contribution is 2.40. The molecule has 2 aliphatic rings. The highest BCUT2D eigenvalue weighted by atomic mass is 35.5. The Hall–Kier alpha value is -1.76. The number of halogens is 2. The van der Waals surface area contributed by atoms with E-state index in [0.29, 0.717) is 46.5 Å². The minimum atomic E-state index is 0.215. The number of anilines is 1. The summed E-state index contributed by atoms with van der Waals surface area (Å²) in [5.74, 6) is 1.88. The summed E-state index contributed by atoms with van der Waals surface area (Å²) in [6.07, 6.45) is 0. The Morgan fingerprint density at radius 3 is 2.39 bits per heavy atom. The average molecular weight is 354 g/mol. The number of aromatic nitrogens is 2. The van der Waals surface area contributed by atoms with Gasteiger partial charge in [-0.05, 0) is 17.7 Å². The van der Waals surface area contributed by atoms with Crippen LogP contribution in [0, 0.1) is 0 Å². The molecule has 1 aromatic carbocycles. The highest BCUT2D eigenvalue weighted by Gasteiger charge is 2.21. The largest absolute Gasteiger partial charge is 0.454 e. The van der Waals surface area contributed by atoms with E-state index in [0.717, 1.165) is 18.7 Å². The zero-order valence-electron chi connectivity index (χ0n) is 12.1. The third-order valence-corrected chi connectivity index (χ3v) is 4.31. The maximum atomic E-state index is 6.37. The van der Waals surface area contributed by atoms with Crippen molar-refractivity contribution in [2.75, 3.05) is 38.0 Å². The predicted molar refractivity (Wildman–Crippen MR) is 86.6 cm³/mol. The van der Waals surface area contributed by atoms with Crippen LogP contribution in [0.25, 0.3) is 11.1 Å². The molecule has 8 heteroatoms. The third kappa shape index (κ3) is 2.78. The Morgan fingerprint density at radius 1 is 0.957 bits per heavy atom. The smallest absolute Gasteiger partial charge is 0.231 e. The molecule has 3 heterocycles. The lowest BCUT2D eigenvalue weighted by Gasteiger charge is -2.27. The zero-order chi connectivity index (χ0) is 15.8. The Labute approximate surface area is 142 Å². The molecule has 0 spiro atoms. The molecule has 0 aliphatic carbocycles. The fourth-order valence-electron chi connectivity index (χ4n) is 2.59. The topological polar surface area (TPSA) is 56.7 Å². The second kappa shape index (κ2) is 6.03. The van der Waals surface area contributed by atoms with Gasteiger partial charge in [0.15, 0.2) is 11.5 Å². The first kappa shape index (κ1) is 14.8. The van der Waals surface area contributed by atoms with Crippen LogP contribution >= 0.6 is 23.2 Å². The lowest BCUT2D eigenvalue weighted by molar-refractivity contribution is 0.122. The van der Waals surface area contributed by atoms with Crippen LogP contribution in [0.2, 0.25) is 10.3 Å². The van der Waals surface area contributed by atoms with Gasteiger partial charge in [-0.15, -0.1) is 0 Å². The molecule has 4 rings (SSSR count). The summed E-state index contributed by atoms with van der Waals surface area (Å²) < 4.78 is 16.0. The summed E-state index contributed by atoms with van der Waals surface area (Å²) in [7, 11) is 0. The maximum Gasteiger partial charge on any atom is 0.231 e. The summed E-state index contributed by atoms with van der Waals surface area (Å²) in [6, 6.07) is 5.51. The first-order valence-corrected chi connectivity index (χ1v) is 7.94. The summed E-state index contributed by atoms with van der Waals surface area (Å²) in [4.78, 5) is 10.8. The molecule has 2 aromatic rings. The second-order valence-corrected chi connectivity index (χ2v) is 5.86. The number of morpholine rings is 1. The average Bonchev–Trinajstić information content (AvgIpc) is 3.03. The van der Waals surface area contributed by atoms with Gasteiger partial charge in [0.05, 0.1) is 18.8 Å². The van der Waals surface area contributed by atoms with E-state index in [1.807, 2.05) is 23.1 Å². The number of fused-ring (bicyclic) bond motifs is 1. The fourth-order valence-corrected chi connectivity index (χ4v) is 3.19. The van der Waals surface area contributed by atoms with Crippen molar-refractivity contribution in [1.29, 1.82) is 0 Å². The molecule has 120 valence electrons. The van der Waals surface area contributed by atoms with Crippen LogP contribution in [0.4, 0.5) is 5.95 Å². The third-order valence-electron chi connectivity index (χ3n) is 3.76. The van der Waals surface area contributed by atoms with E-state index in [1.165, 1.54) is 0 Å². The van der Waals surface area contributed by atoms with Gasteiger partial charge in [-0.1, -0.05) is 29.3 Å². The number of benzene rings is 1. The van der Waals surface area contributed by atoms with Crippen LogP contribution in [0.3, 0.4) is 0 Å². The fraction of sp³-hybridized carbons (Fsp3) is 0.333. The van der Waals surface area contributed by atoms with E-state index >= 15 is 0 Å². The first-order chi connectivity index (χ1) is 11.2. The minimum Gasteiger partial charge on any atom is -0.454 e. The minimum absolute atomic E-state index is 0.215. The summed E-state index contributed by atoms with van der Waals surface area (Å²) in [5, 5.41) is 0.621. The Kier molecular flexibility index (Phi) is 3.88. The maximum absolute atomic E-state index is 6.37. The van der Waals surface area contributed by atoms with Crippen LogP contribution in [0.15, 0.2) is 18.2 Å². The number of hydrogen-bond acceptors (Lipinski definition) is 6. The normalized spacial score (nSPS) is 16.7. The van der Waals surface area contributed by atoms with Crippen molar-refractivity contribution in [1.82, 2.24) is 9.97 Å². The quantitative estimate of drug-likeness (QED) is 0.773. The molecule has 0 amide bonds. The molecule has 2 aliphatic heterocycles. The molecule has 0 atom stereocenters. The molecule has 1 saturated heterocycles. The van der Waals surface area contributed by atoms with Gasteiger partial charge in [0.2, 0.25) is 12.7 Å². The van der Waals surface area contributed by atoms with Crippen molar-refractivity contribution in [3.8, 4) is 22.6 Å². The van der Waals surface area contributed by atoms with E-state index in [9.17, 15) is 0 Å². The Morgan fingerprint density at radius 2 is 1.65 bits per heavy atom. The van der Waals surface area contributed by atoms with E-state index in [2.05, 4.69) is 9.97 Å². The summed E-state index contributed by atoms with van der Waals surface area (Å²) in [6.45, 7) is 2.93. The lowest BCUT2D eigenvalue weighted by atomic mass is 10.1. The van der Waals surface area contributed by atoms with Gasteiger partial charge in [0.25, 0.3) is 0 Å². The molecule has 0 N–H and O–H groups in total. The van der Waals surface area contributed by atoms with Crippen molar-refractivity contribution in [2.24, 2.45) is 0 Å². The first-order valence-electron chi connectivity index (χ1n) is 7.18. The zero-order valence-corrected chi connectivity index (χ0v) is 13.6. The van der Waals surface area contributed by atoms with Gasteiger partial charge in [-0.3, -0.25) is 0 Å². The van der Waals surface area contributed by atoms with Crippen molar-refractivity contribution in [3.63, 3.8) is 0 Å². The highest BCUT2D eigenvalue weighted by molar-refractivity contribution is 6.37. The Bertz CT molecular complexity index is 728. The monoisotopic (exact) mass is 353 g/mol. The van der Waals surface area contributed by atoms with Gasteiger partial charge >= 0.3 is 0 Å². The van der Waals surface area contributed by atoms with E-state index in [1.54, 1.807) is 0 Å². The number of nitrogens with zero attached hydrogens (tertiary/aromatic N) is 3.